The summed E-state index contributed by atoms with van der Waals surface area (Å²) in [5, 5.41) is 3.39. The molecular formula is C13H19BrN4O. The van der Waals surface area contributed by atoms with Gasteiger partial charge < -0.3 is 5.32 Å². The average molecular weight is 327 g/mol. The number of amides is 1. The first kappa shape index (κ1) is 14.5. The zero-order chi connectivity index (χ0) is 13.7. The highest BCUT2D eigenvalue weighted by atomic mass is 79.9. The molecule has 5 nitrogen and oxygen atoms in total. The summed E-state index contributed by atoms with van der Waals surface area (Å²) >= 11 is 3.53. The molecule has 1 fully saturated rings. The molecule has 1 aliphatic rings. The van der Waals surface area contributed by atoms with E-state index < -0.39 is 0 Å². The Balaban J connectivity index is 2.05. The van der Waals surface area contributed by atoms with Crippen LogP contribution in [0.15, 0.2) is 22.7 Å². The van der Waals surface area contributed by atoms with Gasteiger partial charge in [0, 0.05) is 29.7 Å². The quantitative estimate of drug-likeness (QED) is 0.437. The maximum atomic E-state index is 11.4. The topological polar surface area (TPSA) is 70.4 Å². The van der Waals surface area contributed by atoms with Crippen molar-refractivity contribution in [1.82, 2.24) is 15.6 Å². The molecule has 0 radical (unpaired) electrons. The normalized spacial score (nSPS) is 16.9. The lowest BCUT2D eigenvalue weighted by atomic mass is 10.1. The Labute approximate surface area is 121 Å². The average Bonchev–Trinajstić information content (AvgIpc) is 2.68. The number of nitrogen functional groups attached to an aromatic ring is 1. The minimum atomic E-state index is -0.272. The third kappa shape index (κ3) is 4.01. The third-order valence-corrected chi connectivity index (χ3v) is 4.01. The molecule has 1 saturated heterocycles. The predicted molar refractivity (Wildman–Crippen MR) is 78.6 cm³/mol. The first-order valence-electron chi connectivity index (χ1n) is 6.43. The summed E-state index contributed by atoms with van der Waals surface area (Å²) in [4.78, 5) is 13.9. The van der Waals surface area contributed by atoms with Crippen molar-refractivity contribution >= 4 is 21.8 Å². The van der Waals surface area contributed by atoms with Gasteiger partial charge in [0.15, 0.2) is 0 Å². The van der Waals surface area contributed by atoms with E-state index in [4.69, 9.17) is 5.84 Å². The fraction of sp³-hybridized carbons (Fsp3) is 0.462. The number of nitrogens with two attached hydrogens (primary N) is 1. The summed E-state index contributed by atoms with van der Waals surface area (Å²) in [6.07, 6.45) is 1.17. The van der Waals surface area contributed by atoms with Gasteiger partial charge in [-0.1, -0.05) is 22.0 Å². The molecule has 0 aromatic heterocycles. The number of halogens is 1. The summed E-state index contributed by atoms with van der Waals surface area (Å²) in [7, 11) is 0. The lowest BCUT2D eigenvalue weighted by molar-refractivity contribution is 0.0953. The van der Waals surface area contributed by atoms with Gasteiger partial charge in [-0.15, -0.1) is 0 Å². The molecule has 0 bridgehead atoms. The monoisotopic (exact) mass is 326 g/mol. The van der Waals surface area contributed by atoms with E-state index in [2.05, 4.69) is 31.6 Å². The van der Waals surface area contributed by atoms with E-state index in [1.54, 1.807) is 6.07 Å². The van der Waals surface area contributed by atoms with Crippen molar-refractivity contribution in [2.75, 3.05) is 26.2 Å². The summed E-state index contributed by atoms with van der Waals surface area (Å²) in [6, 6.07) is 5.60. The molecule has 1 heterocycles. The van der Waals surface area contributed by atoms with E-state index in [1.165, 1.54) is 12.0 Å². The SMILES string of the molecule is NNC(=O)c1ccc(CN2CCCNCC2)c(Br)c1. The van der Waals surface area contributed by atoms with Gasteiger partial charge in [0.05, 0.1) is 0 Å². The lowest BCUT2D eigenvalue weighted by Gasteiger charge is -2.20. The van der Waals surface area contributed by atoms with Crippen LogP contribution in [0.3, 0.4) is 0 Å². The highest BCUT2D eigenvalue weighted by Crippen LogP contribution is 2.20. The Morgan fingerprint density at radius 1 is 1.42 bits per heavy atom. The Morgan fingerprint density at radius 2 is 2.26 bits per heavy atom. The second-order valence-corrected chi connectivity index (χ2v) is 5.51. The second kappa shape index (κ2) is 7.00. The highest BCUT2D eigenvalue weighted by molar-refractivity contribution is 9.10. The molecule has 1 amide bonds. The van der Waals surface area contributed by atoms with E-state index in [-0.39, 0.29) is 5.91 Å². The molecular weight excluding hydrogens is 308 g/mol. The van der Waals surface area contributed by atoms with Crippen LogP contribution in [0.1, 0.15) is 22.3 Å². The van der Waals surface area contributed by atoms with Gasteiger partial charge in [0.2, 0.25) is 0 Å². The van der Waals surface area contributed by atoms with Crippen LogP contribution in [-0.4, -0.2) is 37.0 Å². The van der Waals surface area contributed by atoms with Crippen molar-refractivity contribution in [2.45, 2.75) is 13.0 Å². The van der Waals surface area contributed by atoms with Crippen LogP contribution in [0.4, 0.5) is 0 Å². The number of hydrogen-bond donors (Lipinski definition) is 3. The van der Waals surface area contributed by atoms with Gasteiger partial charge in [-0.05, 0) is 37.2 Å². The van der Waals surface area contributed by atoms with Gasteiger partial charge in [-0.2, -0.15) is 0 Å². The summed E-state index contributed by atoms with van der Waals surface area (Å²) in [6.45, 7) is 5.17. The highest BCUT2D eigenvalue weighted by Gasteiger charge is 2.12. The first-order chi connectivity index (χ1) is 9.20. The van der Waals surface area contributed by atoms with E-state index in [1.807, 2.05) is 12.1 Å². The molecule has 0 atom stereocenters. The minimum Gasteiger partial charge on any atom is -0.315 e. The second-order valence-electron chi connectivity index (χ2n) is 4.66. The Kier molecular flexibility index (Phi) is 5.33. The van der Waals surface area contributed by atoms with Crippen LogP contribution in [0, 0.1) is 0 Å². The number of carbonyl (C=O) groups is 1. The molecule has 6 heteroatoms. The molecule has 0 spiro atoms. The van der Waals surface area contributed by atoms with Crippen LogP contribution in [0.2, 0.25) is 0 Å². The Hall–Kier alpha value is -0.950. The van der Waals surface area contributed by atoms with Crippen molar-refractivity contribution < 1.29 is 4.79 Å². The van der Waals surface area contributed by atoms with Gasteiger partial charge in [0.1, 0.15) is 0 Å². The smallest absolute Gasteiger partial charge is 0.265 e. The maximum absolute atomic E-state index is 11.4. The zero-order valence-corrected chi connectivity index (χ0v) is 12.4. The molecule has 1 aromatic carbocycles. The molecule has 0 saturated carbocycles. The minimum absolute atomic E-state index is 0.272. The van der Waals surface area contributed by atoms with Gasteiger partial charge in [-0.3, -0.25) is 15.1 Å². The summed E-state index contributed by atoms with van der Waals surface area (Å²) < 4.78 is 0.950. The van der Waals surface area contributed by atoms with Crippen LogP contribution < -0.4 is 16.6 Å². The van der Waals surface area contributed by atoms with Crippen LogP contribution in [0.5, 0.6) is 0 Å². The number of benzene rings is 1. The van der Waals surface area contributed by atoms with Gasteiger partial charge >= 0.3 is 0 Å². The molecule has 0 aliphatic carbocycles. The van der Waals surface area contributed by atoms with E-state index in [0.717, 1.165) is 37.2 Å². The van der Waals surface area contributed by atoms with Crippen molar-refractivity contribution in [1.29, 1.82) is 0 Å². The molecule has 1 aromatic rings. The number of hydrazine groups is 1. The standard InChI is InChI=1S/C13H19BrN4O/c14-12-8-10(13(19)17-15)2-3-11(12)9-18-6-1-4-16-5-7-18/h2-3,8,16H,1,4-7,9,15H2,(H,17,19). The van der Waals surface area contributed by atoms with Crippen molar-refractivity contribution in [3.8, 4) is 0 Å². The van der Waals surface area contributed by atoms with E-state index in [0.29, 0.717) is 5.56 Å². The molecule has 4 N–H and O–H groups in total. The van der Waals surface area contributed by atoms with Crippen molar-refractivity contribution in [2.24, 2.45) is 5.84 Å². The maximum Gasteiger partial charge on any atom is 0.265 e. The first-order valence-corrected chi connectivity index (χ1v) is 7.22. The number of carbonyl (C=O) groups excluding carboxylic acids is 1. The predicted octanol–water partition coefficient (Wildman–Crippen LogP) is 0.848. The molecule has 0 unspecified atom stereocenters. The number of nitrogens with zero attached hydrogens (tertiary/aromatic N) is 1. The summed E-state index contributed by atoms with van der Waals surface area (Å²) in [5.41, 5.74) is 3.89. The fourth-order valence-electron chi connectivity index (χ4n) is 2.20. The molecule has 2 rings (SSSR count). The van der Waals surface area contributed by atoms with Crippen LogP contribution in [0.25, 0.3) is 0 Å². The lowest BCUT2D eigenvalue weighted by Crippen LogP contribution is -2.30. The van der Waals surface area contributed by atoms with Crippen LogP contribution in [-0.2, 0) is 6.54 Å². The van der Waals surface area contributed by atoms with Crippen LogP contribution >= 0.6 is 15.9 Å². The van der Waals surface area contributed by atoms with Gasteiger partial charge in [0.25, 0.3) is 5.91 Å². The molecule has 19 heavy (non-hydrogen) atoms. The van der Waals surface area contributed by atoms with Crippen molar-refractivity contribution in [3.63, 3.8) is 0 Å². The number of rotatable bonds is 3. The number of nitrogens with one attached hydrogen (secondary N) is 2. The van der Waals surface area contributed by atoms with Gasteiger partial charge in [-0.25, -0.2) is 5.84 Å². The Morgan fingerprint density at radius 3 is 3.00 bits per heavy atom. The van der Waals surface area contributed by atoms with E-state index in [9.17, 15) is 4.79 Å². The van der Waals surface area contributed by atoms with E-state index >= 15 is 0 Å². The number of hydrogen-bond acceptors (Lipinski definition) is 4. The zero-order valence-electron chi connectivity index (χ0n) is 10.8. The summed E-state index contributed by atoms with van der Waals surface area (Å²) in [5.74, 6) is 4.86. The Bertz CT molecular complexity index is 444. The third-order valence-electron chi connectivity index (χ3n) is 3.27. The fourth-order valence-corrected chi connectivity index (χ4v) is 2.70. The molecule has 1 aliphatic heterocycles. The molecule has 104 valence electrons. The van der Waals surface area contributed by atoms with Crippen molar-refractivity contribution in [3.05, 3.63) is 33.8 Å². The largest absolute Gasteiger partial charge is 0.315 e.